The quantitative estimate of drug-likeness (QED) is 0.814. The van der Waals surface area contributed by atoms with Crippen LogP contribution in [0.25, 0.3) is 0 Å². The molecule has 0 heterocycles. The maximum atomic E-state index is 13.3. The summed E-state index contributed by atoms with van der Waals surface area (Å²) in [6, 6.07) is 10.5. The number of nitrogens with one attached hydrogen (secondary N) is 1. The molecular formula is C19H18ClF3N2O2. The van der Waals surface area contributed by atoms with Crippen molar-refractivity contribution in [2.24, 2.45) is 0 Å². The summed E-state index contributed by atoms with van der Waals surface area (Å²) in [6.07, 6.45) is -4.72. The van der Waals surface area contributed by atoms with Crippen LogP contribution in [0.5, 0.6) is 0 Å². The molecule has 2 amide bonds. The first kappa shape index (κ1) is 20.8. The minimum Gasteiger partial charge on any atom is -0.350 e. The van der Waals surface area contributed by atoms with Gasteiger partial charge in [0, 0.05) is 18.5 Å². The highest BCUT2D eigenvalue weighted by Gasteiger charge is 2.36. The van der Waals surface area contributed by atoms with Crippen LogP contribution in [-0.2, 0) is 22.3 Å². The minimum absolute atomic E-state index is 0.113. The number of nitrogens with zero attached hydrogens (tertiary/aromatic N) is 1. The third-order valence-corrected chi connectivity index (χ3v) is 4.04. The van der Waals surface area contributed by atoms with Crippen LogP contribution < -0.4 is 10.2 Å². The Balaban J connectivity index is 2.19. The minimum atomic E-state index is -4.72. The Labute approximate surface area is 159 Å². The van der Waals surface area contributed by atoms with Gasteiger partial charge in [0.2, 0.25) is 11.8 Å². The molecule has 0 radical (unpaired) electrons. The number of aryl methyl sites for hydroxylation is 1. The number of carbonyl (C=O) groups excluding carboxylic acids is 2. The van der Waals surface area contributed by atoms with E-state index in [0.29, 0.717) is 0 Å². The normalized spacial score (nSPS) is 11.2. The Bertz CT molecular complexity index is 853. The molecule has 4 nitrogen and oxygen atoms in total. The Morgan fingerprint density at radius 2 is 1.85 bits per heavy atom. The monoisotopic (exact) mass is 398 g/mol. The van der Waals surface area contributed by atoms with Crippen molar-refractivity contribution in [2.45, 2.75) is 26.6 Å². The Kier molecular flexibility index (Phi) is 6.49. The van der Waals surface area contributed by atoms with Crippen LogP contribution in [0.2, 0.25) is 5.02 Å². The molecule has 0 spiro atoms. The van der Waals surface area contributed by atoms with Crippen molar-refractivity contribution < 1.29 is 22.8 Å². The van der Waals surface area contributed by atoms with E-state index in [2.05, 4.69) is 5.32 Å². The molecule has 0 atom stereocenters. The number of hydrogen-bond acceptors (Lipinski definition) is 2. The SMILES string of the molecule is CC(=O)N(CC(=O)NCc1cccc(C)c1)c1ccc(Cl)cc1C(F)(F)F. The highest BCUT2D eigenvalue weighted by atomic mass is 35.5. The molecular weight excluding hydrogens is 381 g/mol. The van der Waals surface area contributed by atoms with Gasteiger partial charge >= 0.3 is 6.18 Å². The first-order chi connectivity index (χ1) is 12.6. The van der Waals surface area contributed by atoms with Crippen LogP contribution in [0.3, 0.4) is 0 Å². The molecule has 2 rings (SSSR count). The fraction of sp³-hybridized carbons (Fsp3) is 0.263. The smallest absolute Gasteiger partial charge is 0.350 e. The highest BCUT2D eigenvalue weighted by Crippen LogP contribution is 2.38. The van der Waals surface area contributed by atoms with Crippen LogP contribution >= 0.6 is 11.6 Å². The van der Waals surface area contributed by atoms with Gasteiger partial charge in [0.05, 0.1) is 11.3 Å². The molecule has 0 unspecified atom stereocenters. The molecule has 0 bridgehead atoms. The zero-order valence-electron chi connectivity index (χ0n) is 14.7. The van der Waals surface area contributed by atoms with Gasteiger partial charge in [-0.25, -0.2) is 0 Å². The third-order valence-electron chi connectivity index (χ3n) is 3.81. The van der Waals surface area contributed by atoms with Gasteiger partial charge in [-0.3, -0.25) is 9.59 Å². The fourth-order valence-electron chi connectivity index (χ4n) is 2.56. The van der Waals surface area contributed by atoms with Crippen LogP contribution in [0, 0.1) is 6.92 Å². The first-order valence-corrected chi connectivity index (χ1v) is 8.43. The van der Waals surface area contributed by atoms with E-state index in [0.717, 1.165) is 35.1 Å². The van der Waals surface area contributed by atoms with Crippen LogP contribution in [-0.4, -0.2) is 18.4 Å². The van der Waals surface area contributed by atoms with E-state index >= 15 is 0 Å². The number of alkyl halides is 3. The number of rotatable bonds is 5. The number of carbonyl (C=O) groups is 2. The summed E-state index contributed by atoms with van der Waals surface area (Å²) in [7, 11) is 0. The van der Waals surface area contributed by atoms with Gasteiger partial charge < -0.3 is 10.2 Å². The fourth-order valence-corrected chi connectivity index (χ4v) is 2.73. The van der Waals surface area contributed by atoms with Crippen LogP contribution in [0.15, 0.2) is 42.5 Å². The van der Waals surface area contributed by atoms with E-state index in [1.165, 1.54) is 6.07 Å². The molecule has 0 saturated carbocycles. The lowest BCUT2D eigenvalue weighted by Crippen LogP contribution is -2.40. The molecule has 2 aromatic carbocycles. The van der Waals surface area contributed by atoms with Gasteiger partial charge in [-0.15, -0.1) is 0 Å². The summed E-state index contributed by atoms with van der Waals surface area (Å²) in [5.74, 6) is -1.26. The zero-order chi connectivity index (χ0) is 20.2. The van der Waals surface area contributed by atoms with Gasteiger partial charge in [-0.1, -0.05) is 41.4 Å². The lowest BCUT2D eigenvalue weighted by Gasteiger charge is -2.24. The van der Waals surface area contributed by atoms with Gasteiger partial charge in [-0.2, -0.15) is 13.2 Å². The molecule has 0 aliphatic heterocycles. The highest BCUT2D eigenvalue weighted by molar-refractivity contribution is 6.30. The van der Waals surface area contributed by atoms with E-state index in [1.807, 2.05) is 31.2 Å². The average Bonchev–Trinajstić information content (AvgIpc) is 2.57. The van der Waals surface area contributed by atoms with E-state index in [1.54, 1.807) is 0 Å². The van der Waals surface area contributed by atoms with Crippen molar-refractivity contribution in [3.05, 3.63) is 64.2 Å². The van der Waals surface area contributed by atoms with Crippen molar-refractivity contribution in [1.82, 2.24) is 5.32 Å². The molecule has 0 aliphatic rings. The third kappa shape index (κ3) is 5.72. The lowest BCUT2D eigenvalue weighted by atomic mass is 10.1. The number of anilines is 1. The molecule has 0 aliphatic carbocycles. The van der Waals surface area contributed by atoms with Crippen molar-refractivity contribution >= 4 is 29.1 Å². The number of benzene rings is 2. The second-order valence-electron chi connectivity index (χ2n) is 6.03. The van der Waals surface area contributed by atoms with Gasteiger partial charge in [0.1, 0.15) is 6.54 Å². The number of halogens is 4. The Hall–Kier alpha value is -2.54. The molecule has 0 fully saturated rings. The summed E-state index contributed by atoms with van der Waals surface area (Å²) in [5.41, 5.74) is 0.380. The number of hydrogen-bond donors (Lipinski definition) is 1. The zero-order valence-corrected chi connectivity index (χ0v) is 15.5. The van der Waals surface area contributed by atoms with E-state index < -0.39 is 35.8 Å². The average molecular weight is 399 g/mol. The van der Waals surface area contributed by atoms with Crippen molar-refractivity contribution in [3.63, 3.8) is 0 Å². The van der Waals surface area contributed by atoms with Gasteiger partial charge in [0.25, 0.3) is 0 Å². The summed E-state index contributed by atoms with van der Waals surface area (Å²) in [4.78, 5) is 24.9. The van der Waals surface area contributed by atoms with E-state index in [-0.39, 0.29) is 11.6 Å². The lowest BCUT2D eigenvalue weighted by molar-refractivity contribution is -0.137. The molecule has 144 valence electrons. The predicted molar refractivity (Wildman–Crippen MR) is 97.5 cm³/mol. The van der Waals surface area contributed by atoms with Gasteiger partial charge in [-0.05, 0) is 30.7 Å². The molecule has 0 aromatic heterocycles. The summed E-state index contributed by atoms with van der Waals surface area (Å²) < 4.78 is 39.9. The molecule has 0 saturated heterocycles. The van der Waals surface area contributed by atoms with Crippen molar-refractivity contribution in [1.29, 1.82) is 0 Å². The maximum Gasteiger partial charge on any atom is 0.418 e. The molecule has 27 heavy (non-hydrogen) atoms. The van der Waals surface area contributed by atoms with Crippen molar-refractivity contribution in [3.8, 4) is 0 Å². The van der Waals surface area contributed by atoms with Crippen LogP contribution in [0.1, 0.15) is 23.6 Å². The molecule has 2 aromatic rings. The molecule has 8 heteroatoms. The standard InChI is InChI=1S/C19H18ClF3N2O2/c1-12-4-3-5-14(8-12)10-24-18(27)11-25(13(2)26)17-7-6-15(20)9-16(17)19(21,22)23/h3-9H,10-11H2,1-2H3,(H,24,27). The van der Waals surface area contributed by atoms with Crippen LogP contribution in [0.4, 0.5) is 18.9 Å². The van der Waals surface area contributed by atoms with E-state index in [4.69, 9.17) is 11.6 Å². The molecule has 1 N–H and O–H groups in total. The largest absolute Gasteiger partial charge is 0.418 e. The maximum absolute atomic E-state index is 13.3. The Morgan fingerprint density at radius 1 is 1.15 bits per heavy atom. The Morgan fingerprint density at radius 3 is 2.44 bits per heavy atom. The van der Waals surface area contributed by atoms with E-state index in [9.17, 15) is 22.8 Å². The summed E-state index contributed by atoms with van der Waals surface area (Å²) >= 11 is 5.66. The second-order valence-corrected chi connectivity index (χ2v) is 6.47. The summed E-state index contributed by atoms with van der Waals surface area (Å²) in [6.45, 7) is 2.68. The first-order valence-electron chi connectivity index (χ1n) is 8.05. The summed E-state index contributed by atoms with van der Waals surface area (Å²) in [5, 5.41) is 2.50. The number of amides is 2. The topological polar surface area (TPSA) is 49.4 Å². The van der Waals surface area contributed by atoms with Gasteiger partial charge in [0.15, 0.2) is 0 Å². The predicted octanol–water partition coefficient (Wildman–Crippen LogP) is 4.34. The second kappa shape index (κ2) is 8.43. The van der Waals surface area contributed by atoms with Crippen molar-refractivity contribution in [2.75, 3.05) is 11.4 Å².